The van der Waals surface area contributed by atoms with Crippen molar-refractivity contribution in [2.75, 3.05) is 18.8 Å². The highest BCUT2D eigenvalue weighted by molar-refractivity contribution is 5.97. The van der Waals surface area contributed by atoms with E-state index in [1.54, 1.807) is 4.68 Å². The number of fused-ring (bicyclic) bond motifs is 1. The van der Waals surface area contributed by atoms with Crippen molar-refractivity contribution in [3.63, 3.8) is 0 Å². The number of anilines is 1. The van der Waals surface area contributed by atoms with Crippen LogP contribution in [0.1, 0.15) is 32.9 Å². The molecule has 0 bridgehead atoms. The van der Waals surface area contributed by atoms with Gasteiger partial charge in [-0.05, 0) is 31.8 Å². The molecule has 26 heavy (non-hydrogen) atoms. The van der Waals surface area contributed by atoms with Gasteiger partial charge in [-0.3, -0.25) is 4.79 Å². The first-order valence-corrected chi connectivity index (χ1v) is 8.68. The van der Waals surface area contributed by atoms with E-state index in [4.69, 9.17) is 16.6 Å². The SMILES string of the molecule is CC1C=CC(c2nn(C(C)(C)CNC(=O)CN)c3ncnc(N)c23)=CC1. The molecule has 1 aliphatic rings. The summed E-state index contributed by atoms with van der Waals surface area (Å²) in [6, 6.07) is 0. The van der Waals surface area contributed by atoms with Crippen LogP contribution in [0.2, 0.25) is 0 Å². The van der Waals surface area contributed by atoms with Crippen molar-refractivity contribution in [2.24, 2.45) is 11.7 Å². The predicted molar refractivity (Wildman–Crippen MR) is 102 cm³/mol. The minimum atomic E-state index is -0.519. The van der Waals surface area contributed by atoms with Gasteiger partial charge in [0.1, 0.15) is 17.8 Å². The van der Waals surface area contributed by atoms with Gasteiger partial charge in [-0.1, -0.05) is 25.2 Å². The molecule has 0 radical (unpaired) electrons. The molecule has 0 fully saturated rings. The highest BCUT2D eigenvalue weighted by Gasteiger charge is 2.28. The molecule has 5 N–H and O–H groups in total. The second-order valence-corrected chi connectivity index (χ2v) is 7.24. The smallest absolute Gasteiger partial charge is 0.233 e. The quantitative estimate of drug-likeness (QED) is 0.740. The van der Waals surface area contributed by atoms with Crippen LogP contribution in [-0.2, 0) is 10.3 Å². The van der Waals surface area contributed by atoms with Crippen molar-refractivity contribution in [2.45, 2.75) is 32.7 Å². The summed E-state index contributed by atoms with van der Waals surface area (Å²) < 4.78 is 1.80. The van der Waals surface area contributed by atoms with E-state index in [-0.39, 0.29) is 12.5 Å². The number of nitrogens with one attached hydrogen (secondary N) is 1. The number of allylic oxidation sites excluding steroid dienone is 4. The van der Waals surface area contributed by atoms with Gasteiger partial charge in [0.25, 0.3) is 0 Å². The zero-order valence-corrected chi connectivity index (χ0v) is 15.4. The summed E-state index contributed by atoms with van der Waals surface area (Å²) in [5, 5.41) is 8.36. The Hall–Kier alpha value is -2.74. The molecule has 0 saturated heterocycles. The molecule has 1 unspecified atom stereocenters. The minimum Gasteiger partial charge on any atom is -0.383 e. The van der Waals surface area contributed by atoms with Gasteiger partial charge in [-0.25, -0.2) is 14.6 Å². The molecule has 8 heteroatoms. The lowest BCUT2D eigenvalue weighted by atomic mass is 9.96. The molecule has 0 spiro atoms. The lowest BCUT2D eigenvalue weighted by Gasteiger charge is -2.26. The number of nitrogens with zero attached hydrogens (tertiary/aromatic N) is 4. The third-order valence-corrected chi connectivity index (χ3v) is 4.56. The number of nitrogens with two attached hydrogens (primary N) is 2. The van der Waals surface area contributed by atoms with E-state index in [1.807, 2.05) is 13.8 Å². The normalized spacial score (nSPS) is 17.4. The lowest BCUT2D eigenvalue weighted by Crippen LogP contribution is -2.43. The third-order valence-electron chi connectivity index (χ3n) is 4.56. The van der Waals surface area contributed by atoms with E-state index in [0.717, 1.165) is 23.1 Å². The molecule has 1 aliphatic carbocycles. The van der Waals surface area contributed by atoms with Gasteiger partial charge in [0.05, 0.1) is 17.5 Å². The number of rotatable bonds is 5. The molecule has 8 nitrogen and oxygen atoms in total. The molecule has 0 saturated carbocycles. The van der Waals surface area contributed by atoms with E-state index in [0.29, 0.717) is 23.9 Å². The second-order valence-electron chi connectivity index (χ2n) is 7.24. The largest absolute Gasteiger partial charge is 0.383 e. The minimum absolute atomic E-state index is 0.0494. The molecular formula is C18H25N7O. The van der Waals surface area contributed by atoms with Crippen LogP contribution >= 0.6 is 0 Å². The number of nitrogen functional groups attached to an aromatic ring is 1. The summed E-state index contributed by atoms with van der Waals surface area (Å²) in [6.07, 6.45) is 8.76. The number of carbonyl (C=O) groups excluding carboxylic acids is 1. The van der Waals surface area contributed by atoms with Gasteiger partial charge in [0, 0.05) is 6.54 Å². The van der Waals surface area contributed by atoms with Crippen LogP contribution in [0.4, 0.5) is 5.82 Å². The van der Waals surface area contributed by atoms with E-state index in [2.05, 4.69) is 40.4 Å². The maximum absolute atomic E-state index is 11.6. The highest BCUT2D eigenvalue weighted by Crippen LogP contribution is 2.33. The standard InChI is InChI=1S/C18H25N7O/c1-11-4-6-12(7-5-11)15-14-16(20)22-10-23-17(14)25(24-15)18(2,3)9-21-13(26)8-19/h4,6-7,10-11H,5,8-9,19H2,1-3H3,(H,21,26)(H2,20,22,23). The molecule has 2 aromatic heterocycles. The number of amides is 1. The van der Waals surface area contributed by atoms with Crippen LogP contribution in [0.5, 0.6) is 0 Å². The van der Waals surface area contributed by atoms with Crippen LogP contribution in [0.25, 0.3) is 16.6 Å². The molecule has 0 aromatic carbocycles. The number of hydrogen-bond donors (Lipinski definition) is 3. The fourth-order valence-electron chi connectivity index (χ4n) is 2.96. The van der Waals surface area contributed by atoms with Crippen molar-refractivity contribution in [1.82, 2.24) is 25.1 Å². The fourth-order valence-corrected chi connectivity index (χ4v) is 2.96. The van der Waals surface area contributed by atoms with Gasteiger partial charge in [-0.15, -0.1) is 0 Å². The maximum Gasteiger partial charge on any atom is 0.233 e. The molecule has 2 heterocycles. The Morgan fingerprint density at radius 1 is 1.42 bits per heavy atom. The van der Waals surface area contributed by atoms with Crippen LogP contribution in [-0.4, -0.2) is 38.7 Å². The van der Waals surface area contributed by atoms with Crippen molar-refractivity contribution in [3.8, 4) is 0 Å². The molecular weight excluding hydrogens is 330 g/mol. The van der Waals surface area contributed by atoms with Crippen molar-refractivity contribution in [1.29, 1.82) is 0 Å². The van der Waals surface area contributed by atoms with Crippen LogP contribution < -0.4 is 16.8 Å². The Labute approximate surface area is 152 Å². The van der Waals surface area contributed by atoms with E-state index >= 15 is 0 Å². The van der Waals surface area contributed by atoms with E-state index < -0.39 is 5.54 Å². The summed E-state index contributed by atoms with van der Waals surface area (Å²) in [5.41, 5.74) is 13.4. The average Bonchev–Trinajstić information content (AvgIpc) is 3.02. The molecule has 0 aliphatic heterocycles. The summed E-state index contributed by atoms with van der Waals surface area (Å²) in [5.74, 6) is 0.686. The zero-order chi connectivity index (χ0) is 18.9. The predicted octanol–water partition coefficient (Wildman–Crippen LogP) is 1.20. The molecule has 3 rings (SSSR count). The highest BCUT2D eigenvalue weighted by atomic mass is 16.1. The number of aromatic nitrogens is 4. The van der Waals surface area contributed by atoms with Gasteiger partial charge >= 0.3 is 0 Å². The third kappa shape index (κ3) is 3.32. The number of carbonyl (C=O) groups is 1. The first-order chi connectivity index (χ1) is 12.3. The summed E-state index contributed by atoms with van der Waals surface area (Å²) in [4.78, 5) is 20.1. The monoisotopic (exact) mass is 355 g/mol. The number of hydrogen-bond acceptors (Lipinski definition) is 6. The topological polar surface area (TPSA) is 125 Å². The van der Waals surface area contributed by atoms with E-state index in [9.17, 15) is 4.79 Å². The van der Waals surface area contributed by atoms with Gasteiger partial charge in [-0.2, -0.15) is 5.10 Å². The van der Waals surface area contributed by atoms with Crippen LogP contribution in [0.3, 0.4) is 0 Å². The summed E-state index contributed by atoms with van der Waals surface area (Å²) >= 11 is 0. The molecule has 138 valence electrons. The van der Waals surface area contributed by atoms with Crippen LogP contribution in [0.15, 0.2) is 24.6 Å². The Kier molecular flexibility index (Phi) is 4.78. The van der Waals surface area contributed by atoms with Crippen molar-refractivity contribution < 1.29 is 4.79 Å². The Balaban J connectivity index is 2.08. The first kappa shape index (κ1) is 18.1. The lowest BCUT2D eigenvalue weighted by molar-refractivity contribution is -0.120. The Morgan fingerprint density at radius 3 is 2.85 bits per heavy atom. The first-order valence-electron chi connectivity index (χ1n) is 8.68. The van der Waals surface area contributed by atoms with E-state index in [1.165, 1.54) is 6.33 Å². The Morgan fingerprint density at radius 2 is 2.19 bits per heavy atom. The van der Waals surface area contributed by atoms with Gasteiger partial charge in [0.2, 0.25) is 5.91 Å². The van der Waals surface area contributed by atoms with Crippen LogP contribution in [0, 0.1) is 5.92 Å². The summed E-state index contributed by atoms with van der Waals surface area (Å²) in [7, 11) is 0. The van der Waals surface area contributed by atoms with Crippen molar-refractivity contribution in [3.05, 3.63) is 30.2 Å². The fraction of sp³-hybridized carbons (Fsp3) is 0.444. The Bertz CT molecular complexity index is 894. The summed E-state index contributed by atoms with van der Waals surface area (Å²) in [6.45, 7) is 6.44. The molecule has 2 aromatic rings. The zero-order valence-electron chi connectivity index (χ0n) is 15.4. The van der Waals surface area contributed by atoms with Gasteiger partial charge in [0.15, 0.2) is 5.65 Å². The average molecular weight is 355 g/mol. The molecule has 1 amide bonds. The van der Waals surface area contributed by atoms with Crippen molar-refractivity contribution >= 4 is 28.3 Å². The maximum atomic E-state index is 11.6. The van der Waals surface area contributed by atoms with Gasteiger partial charge < -0.3 is 16.8 Å². The molecule has 1 atom stereocenters. The second kappa shape index (κ2) is 6.87.